The molecule has 1 saturated heterocycles. The first kappa shape index (κ1) is 17.2. The van der Waals surface area contributed by atoms with Crippen LogP contribution >= 0.6 is 0 Å². The van der Waals surface area contributed by atoms with E-state index in [4.69, 9.17) is 4.42 Å². The first-order chi connectivity index (χ1) is 11.9. The summed E-state index contributed by atoms with van der Waals surface area (Å²) >= 11 is 0. The van der Waals surface area contributed by atoms with Gasteiger partial charge in [-0.3, -0.25) is 14.2 Å². The normalized spacial score (nSPS) is 17.8. The number of piperidine rings is 1. The highest BCUT2D eigenvalue weighted by molar-refractivity contribution is 6.02. The molecule has 1 aliphatic heterocycles. The SMILES string of the molecule is CCC1CCCCN1C(=O)Cn1cnc2oc(C)c(C(=O)O)c2c1=O. The summed E-state index contributed by atoms with van der Waals surface area (Å²) in [4.78, 5) is 42.5. The van der Waals surface area contributed by atoms with Crippen LogP contribution in [0.5, 0.6) is 0 Å². The molecular formula is C17H21N3O5. The number of aromatic nitrogens is 2. The third-order valence-corrected chi connectivity index (χ3v) is 4.79. The highest BCUT2D eigenvalue weighted by Crippen LogP contribution is 2.22. The van der Waals surface area contributed by atoms with Gasteiger partial charge in [0.1, 0.15) is 29.6 Å². The highest BCUT2D eigenvalue weighted by atomic mass is 16.4. The number of carboxylic acid groups (broad SMARTS) is 1. The lowest BCUT2D eigenvalue weighted by atomic mass is 10.00. The van der Waals surface area contributed by atoms with E-state index in [0.717, 1.165) is 30.3 Å². The summed E-state index contributed by atoms with van der Waals surface area (Å²) in [5.74, 6) is -1.27. The second-order valence-corrected chi connectivity index (χ2v) is 6.34. The topological polar surface area (TPSA) is 106 Å². The second kappa shape index (κ2) is 6.70. The van der Waals surface area contributed by atoms with E-state index in [1.807, 2.05) is 11.8 Å². The van der Waals surface area contributed by atoms with Crippen molar-refractivity contribution < 1.29 is 19.1 Å². The summed E-state index contributed by atoms with van der Waals surface area (Å²) in [5, 5.41) is 9.22. The van der Waals surface area contributed by atoms with Crippen molar-refractivity contribution in [2.24, 2.45) is 0 Å². The van der Waals surface area contributed by atoms with Gasteiger partial charge in [-0.15, -0.1) is 0 Å². The Morgan fingerprint density at radius 1 is 1.40 bits per heavy atom. The smallest absolute Gasteiger partial charge is 0.340 e. The molecule has 0 bridgehead atoms. The minimum absolute atomic E-state index is 0.0204. The summed E-state index contributed by atoms with van der Waals surface area (Å²) in [6.45, 7) is 4.05. The number of hydrogen-bond acceptors (Lipinski definition) is 5. The van der Waals surface area contributed by atoms with Crippen LogP contribution in [0.1, 0.15) is 48.7 Å². The number of aromatic carboxylic acids is 1. The summed E-state index contributed by atoms with van der Waals surface area (Å²) in [6, 6.07) is 0.194. The minimum Gasteiger partial charge on any atom is -0.478 e. The van der Waals surface area contributed by atoms with Crippen LogP contribution in [-0.4, -0.2) is 44.0 Å². The van der Waals surface area contributed by atoms with Gasteiger partial charge in [0.25, 0.3) is 5.56 Å². The maximum atomic E-state index is 12.7. The number of furan rings is 1. The monoisotopic (exact) mass is 347 g/mol. The van der Waals surface area contributed by atoms with E-state index in [9.17, 15) is 19.5 Å². The number of amides is 1. The molecule has 0 spiro atoms. The van der Waals surface area contributed by atoms with Gasteiger partial charge in [-0.1, -0.05) is 6.92 Å². The first-order valence-corrected chi connectivity index (χ1v) is 8.45. The number of fused-ring (bicyclic) bond motifs is 1. The Bertz CT molecular complexity index is 882. The quantitative estimate of drug-likeness (QED) is 0.904. The standard InChI is InChI=1S/C17H21N3O5/c1-3-11-6-4-5-7-20(11)12(21)8-19-9-18-15-14(16(19)22)13(17(23)24)10(2)25-15/h9,11H,3-8H2,1-2H3,(H,23,24). The van der Waals surface area contributed by atoms with Crippen molar-refractivity contribution in [1.29, 1.82) is 0 Å². The van der Waals surface area contributed by atoms with E-state index in [1.165, 1.54) is 13.3 Å². The largest absolute Gasteiger partial charge is 0.478 e. The minimum atomic E-state index is -1.25. The van der Waals surface area contributed by atoms with Gasteiger partial charge in [0, 0.05) is 12.6 Å². The molecule has 1 fully saturated rings. The van der Waals surface area contributed by atoms with Gasteiger partial charge in [-0.05, 0) is 32.6 Å². The molecule has 2 aromatic rings. The van der Waals surface area contributed by atoms with Crippen LogP contribution in [-0.2, 0) is 11.3 Å². The number of likely N-dealkylation sites (tertiary alicyclic amines) is 1. The zero-order valence-corrected chi connectivity index (χ0v) is 14.3. The maximum absolute atomic E-state index is 12.7. The number of hydrogen-bond donors (Lipinski definition) is 1. The molecule has 1 aliphatic rings. The number of carbonyl (C=O) groups excluding carboxylic acids is 1. The number of carboxylic acids is 1. The van der Waals surface area contributed by atoms with Crippen LogP contribution in [0.2, 0.25) is 0 Å². The van der Waals surface area contributed by atoms with Crippen molar-refractivity contribution in [3.8, 4) is 0 Å². The van der Waals surface area contributed by atoms with E-state index in [-0.39, 0.29) is 40.9 Å². The Morgan fingerprint density at radius 2 is 2.16 bits per heavy atom. The van der Waals surface area contributed by atoms with Gasteiger partial charge < -0.3 is 14.4 Å². The van der Waals surface area contributed by atoms with Crippen molar-refractivity contribution in [2.75, 3.05) is 6.54 Å². The van der Waals surface area contributed by atoms with E-state index in [0.29, 0.717) is 6.54 Å². The molecule has 1 amide bonds. The van der Waals surface area contributed by atoms with E-state index >= 15 is 0 Å². The molecule has 1 atom stereocenters. The molecular weight excluding hydrogens is 326 g/mol. The molecule has 3 rings (SSSR count). The molecule has 0 radical (unpaired) electrons. The van der Waals surface area contributed by atoms with Crippen LogP contribution in [0.4, 0.5) is 0 Å². The third-order valence-electron chi connectivity index (χ3n) is 4.79. The third kappa shape index (κ3) is 3.04. The number of rotatable bonds is 4. The van der Waals surface area contributed by atoms with E-state index in [1.54, 1.807) is 0 Å². The molecule has 0 aromatic carbocycles. The van der Waals surface area contributed by atoms with Crippen LogP contribution in [0, 0.1) is 6.92 Å². The van der Waals surface area contributed by atoms with Crippen LogP contribution in [0.15, 0.2) is 15.5 Å². The van der Waals surface area contributed by atoms with Crippen molar-refractivity contribution >= 4 is 23.0 Å². The summed E-state index contributed by atoms with van der Waals surface area (Å²) in [5.41, 5.74) is -0.788. The van der Waals surface area contributed by atoms with Gasteiger partial charge in [-0.25, -0.2) is 9.78 Å². The summed E-state index contributed by atoms with van der Waals surface area (Å²) in [7, 11) is 0. The van der Waals surface area contributed by atoms with Gasteiger partial charge in [0.05, 0.1) is 0 Å². The van der Waals surface area contributed by atoms with Gasteiger partial charge >= 0.3 is 5.97 Å². The first-order valence-electron chi connectivity index (χ1n) is 8.45. The fourth-order valence-corrected chi connectivity index (χ4v) is 3.50. The van der Waals surface area contributed by atoms with Crippen molar-refractivity contribution in [1.82, 2.24) is 14.5 Å². The summed E-state index contributed by atoms with van der Waals surface area (Å²) < 4.78 is 6.41. The Hall–Kier alpha value is -2.64. The Morgan fingerprint density at radius 3 is 2.84 bits per heavy atom. The average Bonchev–Trinajstić information content (AvgIpc) is 2.94. The molecule has 0 saturated carbocycles. The van der Waals surface area contributed by atoms with E-state index < -0.39 is 11.5 Å². The van der Waals surface area contributed by atoms with Gasteiger partial charge in [-0.2, -0.15) is 0 Å². The Balaban J connectivity index is 1.95. The van der Waals surface area contributed by atoms with Crippen molar-refractivity contribution in [3.05, 3.63) is 28.0 Å². The molecule has 134 valence electrons. The van der Waals surface area contributed by atoms with E-state index in [2.05, 4.69) is 4.98 Å². The van der Waals surface area contributed by atoms with Gasteiger partial charge in [0.2, 0.25) is 11.6 Å². The Labute approximate surface area is 144 Å². The maximum Gasteiger partial charge on any atom is 0.340 e. The number of carbonyl (C=O) groups is 2. The predicted octanol–water partition coefficient (Wildman–Crippen LogP) is 1.79. The fraction of sp³-hybridized carbons (Fsp3) is 0.529. The zero-order valence-electron chi connectivity index (χ0n) is 14.3. The molecule has 8 heteroatoms. The molecule has 0 aliphatic carbocycles. The fourth-order valence-electron chi connectivity index (χ4n) is 3.50. The number of nitrogens with zero attached hydrogens (tertiary/aromatic N) is 3. The number of aryl methyl sites for hydroxylation is 1. The van der Waals surface area contributed by atoms with Crippen LogP contribution in [0.25, 0.3) is 11.1 Å². The molecule has 1 N–H and O–H groups in total. The zero-order chi connectivity index (χ0) is 18.1. The molecule has 2 aromatic heterocycles. The van der Waals surface area contributed by atoms with Gasteiger partial charge in [0.15, 0.2) is 0 Å². The molecule has 25 heavy (non-hydrogen) atoms. The molecule has 3 heterocycles. The lowest BCUT2D eigenvalue weighted by molar-refractivity contribution is -0.135. The lowest BCUT2D eigenvalue weighted by Crippen LogP contribution is -2.45. The lowest BCUT2D eigenvalue weighted by Gasteiger charge is -2.35. The van der Waals surface area contributed by atoms with Crippen molar-refractivity contribution in [3.63, 3.8) is 0 Å². The van der Waals surface area contributed by atoms with Crippen LogP contribution < -0.4 is 5.56 Å². The average molecular weight is 347 g/mol. The molecule has 8 nitrogen and oxygen atoms in total. The highest BCUT2D eigenvalue weighted by Gasteiger charge is 2.27. The van der Waals surface area contributed by atoms with Crippen molar-refractivity contribution in [2.45, 2.75) is 52.1 Å². The Kier molecular flexibility index (Phi) is 4.61. The molecule has 1 unspecified atom stereocenters. The van der Waals surface area contributed by atoms with Crippen LogP contribution in [0.3, 0.4) is 0 Å². The summed E-state index contributed by atoms with van der Waals surface area (Å²) in [6.07, 6.45) is 5.15. The predicted molar refractivity (Wildman–Crippen MR) is 89.6 cm³/mol. The second-order valence-electron chi connectivity index (χ2n) is 6.34.